The molecule has 36 valence electrons. The van der Waals surface area contributed by atoms with E-state index in [2.05, 4.69) is 0 Å². The van der Waals surface area contributed by atoms with Crippen LogP contribution in [0.3, 0.4) is 0 Å². The van der Waals surface area contributed by atoms with E-state index < -0.39 is 10.2 Å². The third kappa shape index (κ3) is 1.74. The molecular formula is C2N2O2S. The van der Waals surface area contributed by atoms with Crippen molar-refractivity contribution in [3.05, 3.63) is 21.6 Å². The van der Waals surface area contributed by atoms with Crippen molar-refractivity contribution in [1.29, 1.82) is 0 Å². The number of hydrogen-bond acceptors (Lipinski definition) is 2. The Labute approximate surface area is 41.2 Å². The van der Waals surface area contributed by atoms with Crippen molar-refractivity contribution in [1.82, 2.24) is 0 Å². The molecule has 0 N–H and O–H groups in total. The molecule has 0 aliphatic carbocycles. The smallest absolute Gasteiger partial charge is 0.198 e. The van der Waals surface area contributed by atoms with Gasteiger partial charge in [0.05, 0.1) is 0 Å². The van der Waals surface area contributed by atoms with Crippen LogP contribution in [0.4, 0.5) is 0 Å². The maximum Gasteiger partial charge on any atom is 0.772 e. The van der Waals surface area contributed by atoms with Gasteiger partial charge in [-0.15, -0.1) is 8.50 Å². The van der Waals surface area contributed by atoms with Crippen molar-refractivity contribution in [2.24, 2.45) is 0 Å². The van der Waals surface area contributed by atoms with Crippen LogP contribution in [0.25, 0.3) is 8.50 Å². The Morgan fingerprint density at radius 3 is 1.43 bits per heavy atom. The van der Waals surface area contributed by atoms with Crippen LogP contribution in [0.5, 0.6) is 0 Å². The normalized spacial score (nSPS) is 8.86. The monoisotopic (exact) mass is 116 g/mol. The van der Waals surface area contributed by atoms with Crippen LogP contribution in [0.2, 0.25) is 0 Å². The van der Waals surface area contributed by atoms with Gasteiger partial charge in [-0.3, -0.25) is 0 Å². The maximum absolute atomic E-state index is 9.66. The van der Waals surface area contributed by atoms with Gasteiger partial charge in [0, 0.05) is 0 Å². The van der Waals surface area contributed by atoms with Crippen LogP contribution < -0.4 is 0 Å². The molecule has 0 saturated carbocycles. The van der Waals surface area contributed by atoms with Gasteiger partial charge in [0.15, 0.2) is 0 Å². The van der Waals surface area contributed by atoms with Crippen molar-refractivity contribution in [3.63, 3.8) is 0 Å². The summed E-state index contributed by atoms with van der Waals surface area (Å²) < 4.78 is 23.3. The Hall–Kier alpha value is -1.07. The first-order valence-corrected chi connectivity index (χ1v) is 2.54. The first kappa shape index (κ1) is 5.93. The van der Waals surface area contributed by atoms with Gasteiger partial charge in [0.2, 0.25) is 0 Å². The zero-order valence-corrected chi connectivity index (χ0v) is 3.94. The molecule has 0 aliphatic heterocycles. The highest BCUT2D eigenvalue weighted by atomic mass is 32.2. The predicted octanol–water partition coefficient (Wildman–Crippen LogP) is 0.0698. The van der Waals surface area contributed by atoms with Crippen LogP contribution in [0, 0.1) is 13.1 Å². The first-order chi connectivity index (χ1) is 3.12. The Morgan fingerprint density at radius 1 is 1.14 bits per heavy atom. The molecule has 0 heterocycles. The molecule has 0 fully saturated rings. The van der Waals surface area contributed by atoms with Crippen molar-refractivity contribution in [2.75, 3.05) is 0 Å². The van der Waals surface area contributed by atoms with Crippen LogP contribution in [0.15, 0.2) is 0 Å². The zero-order valence-electron chi connectivity index (χ0n) is 3.12. The van der Waals surface area contributed by atoms with E-state index in [1.165, 1.54) is 0 Å². The molecule has 0 rings (SSSR count). The summed E-state index contributed by atoms with van der Waals surface area (Å²) in [5, 5.41) is 0. The molecule has 0 radical (unpaired) electrons. The molecule has 0 aromatic heterocycles. The van der Waals surface area contributed by atoms with Gasteiger partial charge >= 0.3 is 10.2 Å². The van der Waals surface area contributed by atoms with E-state index >= 15 is 0 Å². The standard InChI is InChI=1S/C2N2O2S/c1-3-7(5,6)4-2. The molecule has 4 nitrogen and oxygen atoms in total. The van der Waals surface area contributed by atoms with E-state index in [4.69, 9.17) is 13.1 Å². The van der Waals surface area contributed by atoms with Crippen LogP contribution >= 0.6 is 0 Å². The van der Waals surface area contributed by atoms with Crippen molar-refractivity contribution in [3.8, 4) is 0 Å². The summed E-state index contributed by atoms with van der Waals surface area (Å²) >= 11 is 0. The lowest BCUT2D eigenvalue weighted by Gasteiger charge is -1.56. The lowest BCUT2D eigenvalue weighted by Crippen LogP contribution is -1.77. The number of rotatable bonds is 0. The SMILES string of the molecule is [C-]#[N+]S(=O)(=O)[N+]#[C-]. The average molecular weight is 116 g/mol. The van der Waals surface area contributed by atoms with E-state index in [1.807, 2.05) is 8.50 Å². The van der Waals surface area contributed by atoms with Crippen LogP contribution in [0.1, 0.15) is 0 Å². The number of hydrogen-bond donors (Lipinski definition) is 0. The molecule has 5 heteroatoms. The molecule has 0 amide bonds. The van der Waals surface area contributed by atoms with Gasteiger partial charge < -0.3 is 0 Å². The second-order valence-corrected chi connectivity index (χ2v) is 1.89. The molecule has 0 bridgehead atoms. The number of nitrogens with zero attached hydrogens (tertiary/aromatic N) is 2. The van der Waals surface area contributed by atoms with Crippen molar-refractivity contribution < 1.29 is 8.42 Å². The Kier molecular flexibility index (Phi) is 1.34. The van der Waals surface area contributed by atoms with Gasteiger partial charge in [-0.2, -0.15) is 13.1 Å². The summed E-state index contributed by atoms with van der Waals surface area (Å²) in [6.45, 7) is 11.7. The largest absolute Gasteiger partial charge is 0.772 e. The lowest BCUT2D eigenvalue weighted by molar-refractivity contribution is 0.612. The fourth-order valence-electron chi connectivity index (χ4n) is 0.0204. The maximum atomic E-state index is 9.66. The molecule has 0 aromatic rings. The van der Waals surface area contributed by atoms with Gasteiger partial charge in [0.25, 0.3) is 0 Å². The summed E-state index contributed by atoms with van der Waals surface area (Å²) in [4.78, 5) is 0. The van der Waals surface area contributed by atoms with Gasteiger partial charge in [-0.05, 0) is 0 Å². The topological polar surface area (TPSA) is 42.9 Å². The molecule has 0 unspecified atom stereocenters. The molecule has 0 atom stereocenters. The van der Waals surface area contributed by atoms with Crippen LogP contribution in [-0.4, -0.2) is 8.42 Å². The van der Waals surface area contributed by atoms with E-state index in [0.29, 0.717) is 0 Å². The molecular weight excluding hydrogens is 116 g/mol. The second-order valence-electron chi connectivity index (χ2n) is 0.630. The fourth-order valence-corrected chi connectivity index (χ4v) is 0.0612. The Bertz CT molecular complexity index is 205. The van der Waals surface area contributed by atoms with Gasteiger partial charge in [-0.1, -0.05) is 8.42 Å². The molecule has 0 aromatic carbocycles. The average Bonchev–Trinajstić information content (AvgIpc) is 1.68. The third-order valence-electron chi connectivity index (χ3n) is 0.231. The summed E-state index contributed by atoms with van der Waals surface area (Å²) in [5.74, 6) is 0. The highest BCUT2D eigenvalue weighted by Crippen LogP contribution is 1.88. The zero-order chi connectivity index (χ0) is 5.91. The Morgan fingerprint density at radius 2 is 1.43 bits per heavy atom. The quantitative estimate of drug-likeness (QED) is 0.420. The fraction of sp³-hybridized carbons (Fsp3) is 0. The van der Waals surface area contributed by atoms with Crippen LogP contribution in [-0.2, 0) is 10.2 Å². The molecule has 7 heavy (non-hydrogen) atoms. The van der Waals surface area contributed by atoms with Gasteiger partial charge in [-0.25, -0.2) is 0 Å². The van der Waals surface area contributed by atoms with E-state index in [0.717, 1.165) is 0 Å². The summed E-state index contributed by atoms with van der Waals surface area (Å²) in [6, 6.07) is 0. The van der Waals surface area contributed by atoms with Crippen molar-refractivity contribution >= 4 is 10.2 Å². The van der Waals surface area contributed by atoms with Crippen molar-refractivity contribution in [2.45, 2.75) is 0 Å². The second kappa shape index (κ2) is 1.59. The minimum Gasteiger partial charge on any atom is -0.198 e. The minimum atomic E-state index is -4.07. The summed E-state index contributed by atoms with van der Waals surface area (Å²) in [5.41, 5.74) is 0. The highest BCUT2D eigenvalue weighted by Gasteiger charge is 2.16. The molecule has 0 aliphatic rings. The molecule has 0 saturated heterocycles. The first-order valence-electron chi connectivity index (χ1n) is 1.15. The Balaban J connectivity index is 4.74. The summed E-state index contributed by atoms with van der Waals surface area (Å²) in [7, 11) is -4.07. The van der Waals surface area contributed by atoms with E-state index in [9.17, 15) is 8.42 Å². The third-order valence-corrected chi connectivity index (χ3v) is 0.692. The minimum absolute atomic E-state index is 2.01. The van der Waals surface area contributed by atoms with E-state index in [1.54, 1.807) is 0 Å². The van der Waals surface area contributed by atoms with E-state index in [-0.39, 0.29) is 0 Å². The predicted molar refractivity (Wildman–Crippen MR) is 22.1 cm³/mol. The highest BCUT2D eigenvalue weighted by molar-refractivity contribution is 7.95. The summed E-state index contributed by atoms with van der Waals surface area (Å²) in [6.07, 6.45) is 0. The van der Waals surface area contributed by atoms with Gasteiger partial charge in [0.1, 0.15) is 0 Å². The molecule has 0 spiro atoms. The lowest BCUT2D eigenvalue weighted by atomic mass is 11.8.